The molecule has 1 N–H and O–H groups in total. The maximum Gasteiger partial charge on any atom is 0.243 e. The molecule has 0 saturated carbocycles. The Labute approximate surface area is 175 Å². The first-order valence-electron chi connectivity index (χ1n) is 9.70. The second-order valence-corrected chi connectivity index (χ2v) is 9.51. The Morgan fingerprint density at radius 1 is 1.03 bits per heavy atom. The Bertz CT molecular complexity index is 956. The van der Waals surface area contributed by atoms with E-state index in [0.717, 1.165) is 31.2 Å². The molecule has 5 nitrogen and oxygen atoms in total. The van der Waals surface area contributed by atoms with Gasteiger partial charge in [-0.25, -0.2) is 12.8 Å². The number of nitrogens with zero attached hydrogens (tertiary/aromatic N) is 1. The van der Waals surface area contributed by atoms with Crippen molar-refractivity contribution in [3.8, 4) is 0 Å². The van der Waals surface area contributed by atoms with Gasteiger partial charge < -0.3 is 5.32 Å². The molecule has 1 aliphatic rings. The predicted molar refractivity (Wildman–Crippen MR) is 112 cm³/mol. The fourth-order valence-corrected chi connectivity index (χ4v) is 5.01. The van der Waals surface area contributed by atoms with Gasteiger partial charge in [-0.15, -0.1) is 0 Å². The van der Waals surface area contributed by atoms with Gasteiger partial charge in [-0.2, -0.15) is 4.31 Å². The molecular formula is C21H24ClFN2O3S. The van der Waals surface area contributed by atoms with Crippen LogP contribution in [0, 0.1) is 5.82 Å². The van der Waals surface area contributed by atoms with Gasteiger partial charge in [-0.05, 0) is 55.2 Å². The van der Waals surface area contributed by atoms with E-state index in [-0.39, 0.29) is 22.9 Å². The minimum atomic E-state index is -3.48. The lowest BCUT2D eigenvalue weighted by atomic mass is 10.1. The first-order chi connectivity index (χ1) is 13.9. The molecule has 2 aromatic carbocycles. The van der Waals surface area contributed by atoms with Crippen LogP contribution < -0.4 is 5.32 Å². The summed E-state index contributed by atoms with van der Waals surface area (Å²) >= 11 is 5.82. The summed E-state index contributed by atoms with van der Waals surface area (Å²) in [6.07, 6.45) is 4.46. The third-order valence-electron chi connectivity index (χ3n) is 4.97. The molecule has 156 valence electrons. The topological polar surface area (TPSA) is 66.5 Å². The largest absolute Gasteiger partial charge is 0.324 e. The van der Waals surface area contributed by atoms with Crippen molar-refractivity contribution in [3.63, 3.8) is 0 Å². The summed E-state index contributed by atoms with van der Waals surface area (Å²) in [4.78, 5) is 12.4. The van der Waals surface area contributed by atoms with Crippen molar-refractivity contribution >= 4 is 33.2 Å². The molecule has 1 fully saturated rings. The molecule has 1 amide bonds. The zero-order chi connectivity index (χ0) is 20.9. The fraction of sp³-hybridized carbons (Fsp3) is 0.381. The molecule has 1 aliphatic heterocycles. The summed E-state index contributed by atoms with van der Waals surface area (Å²) in [5.74, 6) is -0.891. The van der Waals surface area contributed by atoms with E-state index in [9.17, 15) is 17.6 Å². The van der Waals surface area contributed by atoms with Crippen LogP contribution >= 0.6 is 11.6 Å². The number of carbonyl (C=O) groups is 1. The highest BCUT2D eigenvalue weighted by Gasteiger charge is 2.24. The number of benzene rings is 2. The van der Waals surface area contributed by atoms with E-state index in [1.165, 1.54) is 18.2 Å². The zero-order valence-corrected chi connectivity index (χ0v) is 17.6. The van der Waals surface area contributed by atoms with Gasteiger partial charge in [0.2, 0.25) is 15.9 Å². The second-order valence-electron chi connectivity index (χ2n) is 7.13. The van der Waals surface area contributed by atoms with Gasteiger partial charge in [0.1, 0.15) is 5.82 Å². The number of carbonyl (C=O) groups excluding carboxylic acids is 1. The number of aryl methyl sites for hydroxylation is 1. The Hall–Kier alpha value is -1.96. The van der Waals surface area contributed by atoms with Crippen molar-refractivity contribution in [2.75, 3.05) is 18.4 Å². The third kappa shape index (κ3) is 5.78. The highest BCUT2D eigenvalue weighted by atomic mass is 35.5. The standard InChI is InChI=1S/C21H24ClFN2O3S/c22-17-8-11-19(23)20(15-17)24-21(26)12-7-16-5-9-18(10-6-16)29(27,28)25-13-3-1-2-4-14-25/h5-6,8-11,15H,1-4,7,12-14H2,(H,24,26). The van der Waals surface area contributed by atoms with Gasteiger partial charge in [0.25, 0.3) is 0 Å². The molecule has 2 aromatic rings. The summed E-state index contributed by atoms with van der Waals surface area (Å²) in [7, 11) is -3.48. The fourth-order valence-electron chi connectivity index (χ4n) is 3.32. The van der Waals surface area contributed by atoms with Gasteiger partial charge in [0.05, 0.1) is 10.6 Å². The first kappa shape index (κ1) is 21.7. The molecule has 8 heteroatoms. The summed E-state index contributed by atoms with van der Waals surface area (Å²) in [5.41, 5.74) is 0.878. The van der Waals surface area contributed by atoms with E-state index in [1.54, 1.807) is 28.6 Å². The Kier molecular flexibility index (Phi) is 7.27. The molecule has 0 aliphatic carbocycles. The molecule has 1 saturated heterocycles. The molecule has 0 atom stereocenters. The average Bonchev–Trinajstić information content (AvgIpc) is 3.00. The molecule has 0 spiro atoms. The van der Waals surface area contributed by atoms with Crippen molar-refractivity contribution in [3.05, 3.63) is 58.9 Å². The number of rotatable bonds is 6. The van der Waals surface area contributed by atoms with E-state index in [0.29, 0.717) is 24.5 Å². The summed E-state index contributed by atoms with van der Waals surface area (Å²) in [6.45, 7) is 1.12. The minimum absolute atomic E-state index is 0.0430. The minimum Gasteiger partial charge on any atom is -0.324 e. The van der Waals surface area contributed by atoms with Gasteiger partial charge in [0, 0.05) is 24.5 Å². The van der Waals surface area contributed by atoms with Crippen LogP contribution in [0.5, 0.6) is 0 Å². The van der Waals surface area contributed by atoms with Crippen LogP contribution in [0.15, 0.2) is 47.4 Å². The van der Waals surface area contributed by atoms with Gasteiger partial charge in [-0.1, -0.05) is 36.6 Å². The number of anilines is 1. The van der Waals surface area contributed by atoms with E-state index >= 15 is 0 Å². The monoisotopic (exact) mass is 438 g/mol. The second kappa shape index (κ2) is 9.69. The molecule has 0 bridgehead atoms. The Morgan fingerprint density at radius 2 is 1.69 bits per heavy atom. The van der Waals surface area contributed by atoms with Crippen LogP contribution in [0.3, 0.4) is 0 Å². The molecule has 0 radical (unpaired) electrons. The lowest BCUT2D eigenvalue weighted by Gasteiger charge is -2.20. The smallest absolute Gasteiger partial charge is 0.243 e. The third-order valence-corrected chi connectivity index (χ3v) is 7.12. The van der Waals surface area contributed by atoms with Crippen LogP contribution in [0.4, 0.5) is 10.1 Å². The molecule has 3 rings (SSSR count). The van der Waals surface area contributed by atoms with Gasteiger partial charge in [0.15, 0.2) is 0 Å². The van der Waals surface area contributed by atoms with E-state index in [1.807, 2.05) is 0 Å². The van der Waals surface area contributed by atoms with Crippen molar-refractivity contribution < 1.29 is 17.6 Å². The van der Waals surface area contributed by atoms with Crippen LogP contribution in [-0.2, 0) is 21.2 Å². The van der Waals surface area contributed by atoms with Gasteiger partial charge >= 0.3 is 0 Å². The number of amides is 1. The molecule has 0 aromatic heterocycles. The number of halogens is 2. The Morgan fingerprint density at radius 3 is 2.34 bits per heavy atom. The van der Waals surface area contributed by atoms with Gasteiger partial charge in [-0.3, -0.25) is 4.79 Å². The van der Waals surface area contributed by atoms with Crippen molar-refractivity contribution in [1.29, 1.82) is 0 Å². The summed E-state index contributed by atoms with van der Waals surface area (Å²) < 4.78 is 40.8. The Balaban J connectivity index is 1.59. The normalized spacial score (nSPS) is 15.7. The summed E-state index contributed by atoms with van der Waals surface area (Å²) in [5, 5.41) is 2.84. The molecule has 1 heterocycles. The van der Waals surface area contributed by atoms with Crippen molar-refractivity contribution in [1.82, 2.24) is 4.31 Å². The van der Waals surface area contributed by atoms with Crippen molar-refractivity contribution in [2.24, 2.45) is 0 Å². The maximum absolute atomic E-state index is 13.7. The van der Waals surface area contributed by atoms with Crippen LogP contribution in [0.1, 0.15) is 37.7 Å². The highest BCUT2D eigenvalue weighted by molar-refractivity contribution is 7.89. The number of hydrogen-bond donors (Lipinski definition) is 1. The predicted octanol–water partition coefficient (Wildman–Crippen LogP) is 4.62. The molecule has 0 unspecified atom stereocenters. The lowest BCUT2D eigenvalue weighted by Crippen LogP contribution is -2.31. The molecule has 29 heavy (non-hydrogen) atoms. The van der Waals surface area contributed by atoms with Crippen LogP contribution in [0.25, 0.3) is 0 Å². The zero-order valence-electron chi connectivity index (χ0n) is 16.0. The lowest BCUT2D eigenvalue weighted by molar-refractivity contribution is -0.116. The van der Waals surface area contributed by atoms with E-state index in [4.69, 9.17) is 11.6 Å². The summed E-state index contributed by atoms with van der Waals surface area (Å²) in [6, 6.07) is 10.6. The average molecular weight is 439 g/mol. The van der Waals surface area contributed by atoms with E-state index < -0.39 is 15.8 Å². The quantitative estimate of drug-likeness (QED) is 0.715. The first-order valence-corrected chi connectivity index (χ1v) is 11.5. The maximum atomic E-state index is 13.7. The highest BCUT2D eigenvalue weighted by Crippen LogP contribution is 2.22. The SMILES string of the molecule is O=C(CCc1ccc(S(=O)(=O)N2CCCCCC2)cc1)Nc1cc(Cl)ccc1F. The number of hydrogen-bond acceptors (Lipinski definition) is 3. The molecular weight excluding hydrogens is 415 g/mol. The number of nitrogens with one attached hydrogen (secondary N) is 1. The van der Waals surface area contributed by atoms with Crippen LogP contribution in [0.2, 0.25) is 5.02 Å². The van der Waals surface area contributed by atoms with Crippen molar-refractivity contribution in [2.45, 2.75) is 43.4 Å². The van der Waals surface area contributed by atoms with E-state index in [2.05, 4.69) is 5.32 Å². The number of sulfonamides is 1. The van der Waals surface area contributed by atoms with Crippen LogP contribution in [-0.4, -0.2) is 31.7 Å².